The molecule has 0 radical (unpaired) electrons. The minimum Gasteiger partial charge on any atom is -0.313 e. The van der Waals surface area contributed by atoms with Crippen LogP contribution in [-0.2, 0) is 10.0 Å². The van der Waals surface area contributed by atoms with Crippen molar-refractivity contribution in [3.63, 3.8) is 0 Å². The number of H-pyrrole nitrogens is 2. The van der Waals surface area contributed by atoms with E-state index in [0.29, 0.717) is 0 Å². The summed E-state index contributed by atoms with van der Waals surface area (Å²) in [6.07, 6.45) is 1.10. The maximum Gasteiger partial charge on any atom is 0.327 e. The number of fused-ring (bicyclic) bond motifs is 1. The highest BCUT2D eigenvalue weighted by molar-refractivity contribution is 7.89. The van der Waals surface area contributed by atoms with Gasteiger partial charge in [0.2, 0.25) is 10.0 Å². The van der Waals surface area contributed by atoms with Crippen molar-refractivity contribution in [1.82, 2.24) is 25.0 Å². The molecule has 0 aliphatic carbocycles. The Morgan fingerprint density at radius 3 is 2.65 bits per heavy atom. The molecular weight excluding hydrogens is 346 g/mol. The zero-order valence-electron chi connectivity index (χ0n) is 12.5. The highest BCUT2D eigenvalue weighted by atomic mass is 35.5. The third kappa shape index (κ3) is 4.61. The number of halogens is 1. The SMILES string of the molecule is CCN[C@H](C)CNS(=O)(=O)c1cnc2[nH]c(=O)[nH]c(=O)c2c1.Cl. The van der Waals surface area contributed by atoms with Crippen LogP contribution >= 0.6 is 12.4 Å². The Labute approximate surface area is 138 Å². The van der Waals surface area contributed by atoms with Gasteiger partial charge in [0.25, 0.3) is 5.56 Å². The lowest BCUT2D eigenvalue weighted by atomic mass is 10.3. The fourth-order valence-electron chi connectivity index (χ4n) is 1.91. The largest absolute Gasteiger partial charge is 0.327 e. The van der Waals surface area contributed by atoms with Gasteiger partial charge in [-0.1, -0.05) is 6.92 Å². The van der Waals surface area contributed by atoms with Crippen LogP contribution in [0.3, 0.4) is 0 Å². The zero-order valence-corrected chi connectivity index (χ0v) is 14.2. The Hall–Kier alpha value is -1.75. The monoisotopic (exact) mass is 363 g/mol. The Morgan fingerprint density at radius 1 is 1.30 bits per heavy atom. The topological polar surface area (TPSA) is 137 Å². The van der Waals surface area contributed by atoms with Gasteiger partial charge in [-0.3, -0.25) is 14.8 Å². The molecule has 0 amide bonds. The van der Waals surface area contributed by atoms with Crippen molar-refractivity contribution in [3.05, 3.63) is 33.1 Å². The van der Waals surface area contributed by atoms with Crippen molar-refractivity contribution in [2.45, 2.75) is 24.8 Å². The first-order chi connectivity index (χ1) is 10.3. The van der Waals surface area contributed by atoms with Gasteiger partial charge in [-0.15, -0.1) is 12.4 Å². The van der Waals surface area contributed by atoms with E-state index in [-0.39, 0.29) is 40.9 Å². The Morgan fingerprint density at radius 2 is 2.00 bits per heavy atom. The van der Waals surface area contributed by atoms with Gasteiger partial charge >= 0.3 is 5.69 Å². The number of hydrogen-bond donors (Lipinski definition) is 4. The van der Waals surface area contributed by atoms with Crippen LogP contribution in [-0.4, -0.2) is 42.5 Å². The van der Waals surface area contributed by atoms with Crippen molar-refractivity contribution < 1.29 is 8.42 Å². The van der Waals surface area contributed by atoms with E-state index in [2.05, 4.69) is 20.0 Å². The number of pyridine rings is 1. The molecule has 0 aliphatic heterocycles. The number of likely N-dealkylation sites (N-methyl/N-ethyl adjacent to an activating group) is 1. The van der Waals surface area contributed by atoms with Gasteiger partial charge in [0.1, 0.15) is 10.5 Å². The standard InChI is InChI=1S/C12H17N5O4S.ClH/c1-3-13-7(2)5-15-22(20,21)8-4-9-10(14-6-8)16-12(19)17-11(9)18;/h4,6-7,13,15H,3,5H2,1-2H3,(H2,14,16,17,18,19);1H/t7-;/m1./s1. The molecule has 1 atom stereocenters. The maximum absolute atomic E-state index is 12.2. The second kappa shape index (κ2) is 7.68. The van der Waals surface area contributed by atoms with Gasteiger partial charge in [0.15, 0.2) is 0 Å². The molecule has 0 bridgehead atoms. The molecular formula is C12H18ClN5O4S. The second-order valence-corrected chi connectivity index (χ2v) is 6.55. The van der Waals surface area contributed by atoms with Crippen LogP contribution in [0.25, 0.3) is 11.0 Å². The summed E-state index contributed by atoms with van der Waals surface area (Å²) >= 11 is 0. The number of sulfonamides is 1. The van der Waals surface area contributed by atoms with Gasteiger partial charge in [0.05, 0.1) is 5.39 Å². The fraction of sp³-hybridized carbons (Fsp3) is 0.417. The average molecular weight is 364 g/mol. The van der Waals surface area contributed by atoms with Crippen molar-refractivity contribution >= 4 is 33.5 Å². The smallest absolute Gasteiger partial charge is 0.313 e. The van der Waals surface area contributed by atoms with E-state index in [9.17, 15) is 18.0 Å². The van der Waals surface area contributed by atoms with Crippen molar-refractivity contribution in [2.24, 2.45) is 0 Å². The lowest BCUT2D eigenvalue weighted by Gasteiger charge is -2.13. The van der Waals surface area contributed by atoms with Crippen LogP contribution in [0.1, 0.15) is 13.8 Å². The summed E-state index contributed by atoms with van der Waals surface area (Å²) in [4.78, 5) is 30.9. The van der Waals surface area contributed by atoms with Crippen LogP contribution in [0.15, 0.2) is 26.7 Å². The third-order valence-electron chi connectivity index (χ3n) is 3.01. The minimum atomic E-state index is -3.79. The normalized spacial score (nSPS) is 12.8. The van der Waals surface area contributed by atoms with E-state index in [0.717, 1.165) is 12.7 Å². The number of nitrogens with zero attached hydrogens (tertiary/aromatic N) is 1. The summed E-state index contributed by atoms with van der Waals surface area (Å²) in [6.45, 7) is 4.70. The zero-order chi connectivity index (χ0) is 16.3. The van der Waals surface area contributed by atoms with Crippen LogP contribution in [0.4, 0.5) is 0 Å². The van der Waals surface area contributed by atoms with Crippen LogP contribution in [0.2, 0.25) is 0 Å². The summed E-state index contributed by atoms with van der Waals surface area (Å²) in [6, 6.07) is 1.14. The van der Waals surface area contributed by atoms with Crippen molar-refractivity contribution in [2.75, 3.05) is 13.1 Å². The van der Waals surface area contributed by atoms with E-state index in [4.69, 9.17) is 0 Å². The Kier molecular flexibility index (Phi) is 6.45. The number of aromatic nitrogens is 3. The first kappa shape index (κ1) is 19.3. The van der Waals surface area contributed by atoms with Gasteiger partial charge in [-0.2, -0.15) is 0 Å². The molecule has 0 aliphatic rings. The van der Waals surface area contributed by atoms with Gasteiger partial charge in [-0.25, -0.2) is 22.9 Å². The average Bonchev–Trinajstić information content (AvgIpc) is 2.45. The van der Waals surface area contributed by atoms with Crippen LogP contribution in [0.5, 0.6) is 0 Å². The molecule has 0 unspecified atom stereocenters. The summed E-state index contributed by atoms with van der Waals surface area (Å²) in [5.74, 6) is 0. The molecule has 9 nitrogen and oxygen atoms in total. The van der Waals surface area contributed by atoms with Gasteiger partial charge < -0.3 is 5.32 Å². The summed E-state index contributed by atoms with van der Waals surface area (Å²) in [7, 11) is -3.79. The summed E-state index contributed by atoms with van der Waals surface area (Å²) in [5.41, 5.74) is -1.35. The van der Waals surface area contributed by atoms with Crippen molar-refractivity contribution in [1.29, 1.82) is 0 Å². The quantitative estimate of drug-likeness (QED) is 0.536. The molecule has 2 rings (SSSR count). The molecule has 23 heavy (non-hydrogen) atoms. The molecule has 128 valence electrons. The van der Waals surface area contributed by atoms with E-state index in [1.165, 1.54) is 6.07 Å². The Bertz CT molecular complexity index is 892. The highest BCUT2D eigenvalue weighted by Crippen LogP contribution is 2.11. The predicted octanol–water partition coefficient (Wildman–Crippen LogP) is -0.690. The van der Waals surface area contributed by atoms with Crippen molar-refractivity contribution in [3.8, 4) is 0 Å². The van der Waals surface area contributed by atoms with Gasteiger partial charge in [0, 0.05) is 18.8 Å². The number of hydrogen-bond acceptors (Lipinski definition) is 6. The fourth-order valence-corrected chi connectivity index (χ4v) is 3.01. The molecule has 0 spiro atoms. The summed E-state index contributed by atoms with van der Waals surface area (Å²) in [5, 5.41) is 3.08. The summed E-state index contributed by atoms with van der Waals surface area (Å²) < 4.78 is 26.8. The molecule has 2 aromatic rings. The third-order valence-corrected chi connectivity index (χ3v) is 4.40. The maximum atomic E-state index is 12.2. The number of aromatic amines is 2. The van der Waals surface area contributed by atoms with Gasteiger partial charge in [-0.05, 0) is 19.5 Å². The lowest BCUT2D eigenvalue weighted by molar-refractivity contribution is 0.536. The molecule has 2 heterocycles. The van der Waals surface area contributed by atoms with E-state index >= 15 is 0 Å². The molecule has 2 aromatic heterocycles. The molecule has 0 saturated carbocycles. The molecule has 4 N–H and O–H groups in total. The first-order valence-electron chi connectivity index (χ1n) is 6.69. The molecule has 0 saturated heterocycles. The first-order valence-corrected chi connectivity index (χ1v) is 8.17. The van der Waals surface area contributed by atoms with Crippen LogP contribution in [0, 0.1) is 0 Å². The number of nitrogens with one attached hydrogen (secondary N) is 4. The lowest BCUT2D eigenvalue weighted by Crippen LogP contribution is -2.38. The highest BCUT2D eigenvalue weighted by Gasteiger charge is 2.17. The van der Waals surface area contributed by atoms with Crippen LogP contribution < -0.4 is 21.3 Å². The molecule has 0 fully saturated rings. The van der Waals surface area contributed by atoms with E-state index < -0.39 is 21.3 Å². The predicted molar refractivity (Wildman–Crippen MR) is 88.6 cm³/mol. The molecule has 0 aromatic carbocycles. The van der Waals surface area contributed by atoms with E-state index in [1.807, 2.05) is 18.8 Å². The van der Waals surface area contributed by atoms with E-state index in [1.54, 1.807) is 0 Å². The second-order valence-electron chi connectivity index (χ2n) is 4.79. The minimum absolute atomic E-state index is 0. The number of rotatable bonds is 6. The molecule has 11 heteroatoms. The Balaban J connectivity index is 0.00000264.